The fraction of sp³-hybridized carbons (Fsp3) is 0.385. The van der Waals surface area contributed by atoms with Gasteiger partial charge in [0.15, 0.2) is 0 Å². The van der Waals surface area contributed by atoms with E-state index in [4.69, 9.17) is 10.00 Å². The summed E-state index contributed by atoms with van der Waals surface area (Å²) in [6.07, 6.45) is 0.315. The molecule has 0 aliphatic carbocycles. The van der Waals surface area contributed by atoms with Gasteiger partial charge >= 0.3 is 0 Å². The summed E-state index contributed by atoms with van der Waals surface area (Å²) in [7, 11) is 1.58. The molecule has 0 fully saturated rings. The third-order valence-electron chi connectivity index (χ3n) is 2.44. The van der Waals surface area contributed by atoms with Crippen molar-refractivity contribution in [2.45, 2.75) is 11.3 Å². The van der Waals surface area contributed by atoms with E-state index in [1.54, 1.807) is 30.2 Å². The normalized spacial score (nSPS) is 9.83. The summed E-state index contributed by atoms with van der Waals surface area (Å²) in [5.41, 5.74) is 0.580. The molecule has 0 saturated heterocycles. The Morgan fingerprint density at radius 1 is 1.50 bits per heavy atom. The van der Waals surface area contributed by atoms with Crippen LogP contribution in [0.4, 0.5) is 0 Å². The highest BCUT2D eigenvalue weighted by Gasteiger charge is 2.15. The maximum Gasteiger partial charge on any atom is 0.254 e. The van der Waals surface area contributed by atoms with Crippen LogP contribution >= 0.6 is 12.6 Å². The first-order chi connectivity index (χ1) is 8.69. The van der Waals surface area contributed by atoms with E-state index in [0.717, 1.165) is 4.90 Å². The van der Waals surface area contributed by atoms with Crippen LogP contribution in [-0.2, 0) is 4.74 Å². The number of hydrogen-bond acceptors (Lipinski definition) is 4. The number of carbonyl (C=O) groups excluding carboxylic acids is 1. The Bertz CT molecular complexity index is 443. The summed E-state index contributed by atoms with van der Waals surface area (Å²) in [5.74, 6) is -0.0989. The second-order valence-corrected chi connectivity index (χ2v) is 4.26. The van der Waals surface area contributed by atoms with Crippen molar-refractivity contribution in [2.75, 3.05) is 26.8 Å². The number of ether oxygens (including phenoxy) is 1. The molecule has 0 aliphatic rings. The van der Waals surface area contributed by atoms with Gasteiger partial charge in [-0.25, -0.2) is 0 Å². The zero-order valence-electron chi connectivity index (χ0n) is 10.3. The van der Waals surface area contributed by atoms with E-state index in [0.29, 0.717) is 31.7 Å². The zero-order valence-corrected chi connectivity index (χ0v) is 11.2. The number of hydrogen-bond donors (Lipinski definition) is 1. The number of nitrogens with zero attached hydrogens (tertiary/aromatic N) is 2. The molecule has 4 nitrogen and oxygen atoms in total. The molecular formula is C13H16N2O2S. The number of amides is 1. The van der Waals surface area contributed by atoms with Crippen LogP contribution in [-0.4, -0.2) is 37.6 Å². The van der Waals surface area contributed by atoms with Gasteiger partial charge in [0.05, 0.1) is 19.1 Å². The summed E-state index contributed by atoms with van der Waals surface area (Å²) in [6, 6.07) is 9.11. The molecule has 0 atom stereocenters. The third kappa shape index (κ3) is 4.40. The molecular weight excluding hydrogens is 248 g/mol. The molecule has 0 heterocycles. The molecule has 96 valence electrons. The molecule has 1 aromatic carbocycles. The fourth-order valence-corrected chi connectivity index (χ4v) is 1.75. The van der Waals surface area contributed by atoms with Crippen LogP contribution in [0, 0.1) is 11.3 Å². The smallest absolute Gasteiger partial charge is 0.254 e. The second kappa shape index (κ2) is 7.75. The lowest BCUT2D eigenvalue weighted by atomic mass is 10.2. The first-order valence-corrected chi connectivity index (χ1v) is 6.08. The van der Waals surface area contributed by atoms with E-state index < -0.39 is 0 Å². The van der Waals surface area contributed by atoms with E-state index in [1.165, 1.54) is 0 Å². The monoisotopic (exact) mass is 264 g/mol. The molecule has 0 saturated carbocycles. The van der Waals surface area contributed by atoms with Gasteiger partial charge in [-0.3, -0.25) is 4.79 Å². The number of rotatable bonds is 6. The first kappa shape index (κ1) is 14.6. The van der Waals surface area contributed by atoms with E-state index in [2.05, 4.69) is 12.6 Å². The molecule has 0 aromatic heterocycles. The van der Waals surface area contributed by atoms with E-state index in [-0.39, 0.29) is 5.91 Å². The summed E-state index contributed by atoms with van der Waals surface area (Å²) in [6.45, 7) is 1.35. The van der Waals surface area contributed by atoms with Crippen molar-refractivity contribution in [3.63, 3.8) is 0 Å². The maximum atomic E-state index is 12.2. The van der Waals surface area contributed by atoms with Crippen LogP contribution < -0.4 is 0 Å². The highest BCUT2D eigenvalue weighted by atomic mass is 32.1. The van der Waals surface area contributed by atoms with Crippen molar-refractivity contribution in [3.05, 3.63) is 29.8 Å². The molecule has 0 bridgehead atoms. The topological polar surface area (TPSA) is 53.3 Å². The minimum absolute atomic E-state index is 0.0989. The van der Waals surface area contributed by atoms with Crippen LogP contribution in [0.15, 0.2) is 29.2 Å². The maximum absolute atomic E-state index is 12.2. The van der Waals surface area contributed by atoms with Gasteiger partial charge in [0.25, 0.3) is 5.91 Å². The average Bonchev–Trinajstić information content (AvgIpc) is 2.38. The van der Waals surface area contributed by atoms with Gasteiger partial charge in [-0.1, -0.05) is 6.07 Å². The molecule has 1 amide bonds. The van der Waals surface area contributed by atoms with Crippen molar-refractivity contribution in [3.8, 4) is 6.07 Å². The SMILES string of the molecule is COCCN(CCC#N)C(=O)c1cccc(S)c1. The third-order valence-corrected chi connectivity index (χ3v) is 2.72. The minimum Gasteiger partial charge on any atom is -0.383 e. The van der Waals surface area contributed by atoms with E-state index >= 15 is 0 Å². The van der Waals surface area contributed by atoms with Gasteiger partial charge in [-0.15, -0.1) is 12.6 Å². The molecule has 0 spiro atoms. The fourth-order valence-electron chi connectivity index (χ4n) is 1.52. The highest BCUT2D eigenvalue weighted by molar-refractivity contribution is 7.80. The highest BCUT2D eigenvalue weighted by Crippen LogP contribution is 2.11. The lowest BCUT2D eigenvalue weighted by Gasteiger charge is -2.21. The predicted octanol–water partition coefficient (Wildman–Crippen LogP) is 1.98. The lowest BCUT2D eigenvalue weighted by Crippen LogP contribution is -2.34. The Morgan fingerprint density at radius 3 is 2.89 bits per heavy atom. The standard InChI is InChI=1S/C13H16N2O2S/c1-17-9-8-15(7-3-6-14)13(16)11-4-2-5-12(18)10-11/h2,4-5,10,18H,3,7-9H2,1H3. The van der Waals surface area contributed by atoms with Gasteiger partial charge in [-0.05, 0) is 18.2 Å². The number of thiol groups is 1. The number of carbonyl (C=O) groups is 1. The zero-order chi connectivity index (χ0) is 13.4. The molecule has 1 aromatic rings. The molecule has 1 rings (SSSR count). The molecule has 0 aliphatic heterocycles. The summed E-state index contributed by atoms with van der Waals surface area (Å²) in [4.78, 5) is 14.6. The Morgan fingerprint density at radius 2 is 2.28 bits per heavy atom. The summed E-state index contributed by atoms with van der Waals surface area (Å²) < 4.78 is 4.97. The Hall–Kier alpha value is -1.51. The quantitative estimate of drug-likeness (QED) is 0.799. The largest absolute Gasteiger partial charge is 0.383 e. The molecule has 0 N–H and O–H groups in total. The Labute approximate surface area is 113 Å². The van der Waals surface area contributed by atoms with Crippen molar-refractivity contribution in [2.24, 2.45) is 0 Å². The van der Waals surface area contributed by atoms with Crippen molar-refractivity contribution < 1.29 is 9.53 Å². The molecule has 0 radical (unpaired) electrons. The minimum atomic E-state index is -0.0989. The number of methoxy groups -OCH3 is 1. The lowest BCUT2D eigenvalue weighted by molar-refractivity contribution is 0.0699. The average molecular weight is 264 g/mol. The van der Waals surface area contributed by atoms with Crippen LogP contribution in [0.1, 0.15) is 16.8 Å². The van der Waals surface area contributed by atoms with Gasteiger partial charge < -0.3 is 9.64 Å². The van der Waals surface area contributed by atoms with Crippen molar-refractivity contribution in [1.29, 1.82) is 5.26 Å². The molecule has 18 heavy (non-hydrogen) atoms. The van der Waals surface area contributed by atoms with Gasteiger partial charge in [0, 0.05) is 30.7 Å². The number of nitriles is 1. The van der Waals surface area contributed by atoms with Crippen LogP contribution in [0.5, 0.6) is 0 Å². The van der Waals surface area contributed by atoms with Crippen LogP contribution in [0.2, 0.25) is 0 Å². The summed E-state index contributed by atoms with van der Waals surface area (Å²) in [5, 5.41) is 8.61. The van der Waals surface area contributed by atoms with Crippen molar-refractivity contribution in [1.82, 2.24) is 4.90 Å². The second-order valence-electron chi connectivity index (χ2n) is 3.74. The number of benzene rings is 1. The Kier molecular flexibility index (Phi) is 6.26. The molecule has 5 heteroatoms. The van der Waals surface area contributed by atoms with E-state index in [1.807, 2.05) is 12.1 Å². The Balaban J connectivity index is 2.77. The first-order valence-electron chi connectivity index (χ1n) is 5.63. The van der Waals surface area contributed by atoms with Gasteiger partial charge in [0.2, 0.25) is 0 Å². The molecule has 0 unspecified atom stereocenters. The van der Waals surface area contributed by atoms with Gasteiger partial charge in [-0.2, -0.15) is 5.26 Å². The van der Waals surface area contributed by atoms with Crippen molar-refractivity contribution >= 4 is 18.5 Å². The van der Waals surface area contributed by atoms with Gasteiger partial charge in [0.1, 0.15) is 0 Å². The predicted molar refractivity (Wildman–Crippen MR) is 71.7 cm³/mol. The summed E-state index contributed by atoms with van der Waals surface area (Å²) >= 11 is 4.21. The van der Waals surface area contributed by atoms with Crippen LogP contribution in [0.3, 0.4) is 0 Å². The van der Waals surface area contributed by atoms with E-state index in [9.17, 15) is 4.79 Å². The van der Waals surface area contributed by atoms with Crippen LogP contribution in [0.25, 0.3) is 0 Å².